The number of alkyl halides is 3. The average Bonchev–Trinajstić information content (AvgIpc) is 2.94. The fourth-order valence-corrected chi connectivity index (χ4v) is 2.74. The van der Waals surface area contributed by atoms with Gasteiger partial charge in [0.1, 0.15) is 0 Å². The van der Waals surface area contributed by atoms with Crippen LogP contribution in [0.5, 0.6) is 0 Å². The molecule has 0 aromatic heterocycles. The lowest BCUT2D eigenvalue weighted by Gasteiger charge is -2.20. The summed E-state index contributed by atoms with van der Waals surface area (Å²) in [5.74, 6) is 0.414. The van der Waals surface area contributed by atoms with Crippen LogP contribution < -0.4 is 15.5 Å². The second kappa shape index (κ2) is 9.69. The second-order valence-corrected chi connectivity index (χ2v) is 6.33. The van der Waals surface area contributed by atoms with Crippen LogP contribution in [0.25, 0.3) is 0 Å². The Hall–Kier alpha value is -0.710. The minimum Gasteiger partial charge on any atom is -0.369 e. The highest BCUT2D eigenvalue weighted by molar-refractivity contribution is 14.0. The van der Waals surface area contributed by atoms with Gasteiger partial charge in [0.25, 0.3) is 0 Å². The molecule has 1 aliphatic heterocycles. The summed E-state index contributed by atoms with van der Waals surface area (Å²) in [6.07, 6.45) is -4.11. The zero-order chi connectivity index (χ0) is 16.9. The fraction of sp³-hybridized carbons (Fsp3) is 0.533. The molecule has 4 nitrogen and oxygen atoms in total. The van der Waals surface area contributed by atoms with E-state index in [2.05, 4.69) is 36.5 Å². The third kappa shape index (κ3) is 7.04. The van der Waals surface area contributed by atoms with Crippen molar-refractivity contribution in [1.82, 2.24) is 10.6 Å². The number of hydrogen-bond donors (Lipinski definition) is 2. The lowest BCUT2D eigenvalue weighted by Crippen LogP contribution is -2.45. The van der Waals surface area contributed by atoms with Crippen LogP contribution in [0.4, 0.5) is 18.9 Å². The summed E-state index contributed by atoms with van der Waals surface area (Å²) in [6, 6.07) is 8.24. The first-order chi connectivity index (χ1) is 10.9. The third-order valence-electron chi connectivity index (χ3n) is 3.65. The van der Waals surface area contributed by atoms with Gasteiger partial charge in [-0.3, -0.25) is 4.99 Å². The van der Waals surface area contributed by atoms with Crippen LogP contribution in [0.1, 0.15) is 12.8 Å². The highest BCUT2D eigenvalue weighted by Crippen LogP contribution is 2.22. The molecule has 136 valence electrons. The molecule has 0 bridgehead atoms. The Morgan fingerprint density at radius 1 is 1.33 bits per heavy atom. The zero-order valence-electron chi connectivity index (χ0n) is 13.2. The minimum absolute atomic E-state index is 0. The molecule has 1 aliphatic rings. The topological polar surface area (TPSA) is 39.7 Å². The van der Waals surface area contributed by atoms with Gasteiger partial charge in [0.05, 0.1) is 6.42 Å². The van der Waals surface area contributed by atoms with Crippen LogP contribution in [0.15, 0.2) is 33.7 Å². The molecule has 0 amide bonds. The van der Waals surface area contributed by atoms with E-state index in [0.29, 0.717) is 5.96 Å². The summed E-state index contributed by atoms with van der Waals surface area (Å²) in [6.45, 7) is 1.52. The first-order valence-electron chi connectivity index (χ1n) is 7.42. The number of hydrogen-bond acceptors (Lipinski definition) is 2. The van der Waals surface area contributed by atoms with Crippen LogP contribution in [-0.4, -0.2) is 44.9 Å². The van der Waals surface area contributed by atoms with Gasteiger partial charge >= 0.3 is 6.18 Å². The molecule has 2 N–H and O–H groups in total. The fourth-order valence-electron chi connectivity index (χ4n) is 2.48. The molecule has 1 fully saturated rings. The van der Waals surface area contributed by atoms with Crippen molar-refractivity contribution >= 4 is 51.6 Å². The number of halogens is 5. The van der Waals surface area contributed by atoms with Crippen molar-refractivity contribution in [1.29, 1.82) is 0 Å². The van der Waals surface area contributed by atoms with E-state index in [-0.39, 0.29) is 36.6 Å². The van der Waals surface area contributed by atoms with Crippen molar-refractivity contribution < 1.29 is 13.2 Å². The number of anilines is 1. The van der Waals surface area contributed by atoms with E-state index in [0.717, 1.165) is 29.7 Å². The van der Waals surface area contributed by atoms with Gasteiger partial charge in [-0.1, -0.05) is 15.9 Å². The van der Waals surface area contributed by atoms with E-state index >= 15 is 0 Å². The highest BCUT2D eigenvalue weighted by atomic mass is 127. The summed E-state index contributed by atoms with van der Waals surface area (Å²) in [4.78, 5) is 6.23. The van der Waals surface area contributed by atoms with E-state index in [1.54, 1.807) is 7.05 Å². The monoisotopic (exact) mass is 520 g/mol. The molecular formula is C15H21BrF3IN4. The molecule has 1 heterocycles. The first kappa shape index (κ1) is 21.3. The van der Waals surface area contributed by atoms with Crippen molar-refractivity contribution in [2.24, 2.45) is 4.99 Å². The number of rotatable bonds is 4. The van der Waals surface area contributed by atoms with Gasteiger partial charge in [-0.25, -0.2) is 0 Å². The molecule has 0 spiro atoms. The van der Waals surface area contributed by atoms with E-state index in [1.807, 2.05) is 24.3 Å². The molecule has 0 saturated carbocycles. The highest BCUT2D eigenvalue weighted by Gasteiger charge is 2.27. The molecule has 0 radical (unpaired) electrons. The second-order valence-electron chi connectivity index (χ2n) is 5.42. The van der Waals surface area contributed by atoms with Crippen LogP contribution in [0.2, 0.25) is 0 Å². The van der Waals surface area contributed by atoms with Gasteiger partial charge in [0, 0.05) is 42.9 Å². The normalized spacial score (nSPS) is 18.3. The Bertz CT molecular complexity index is 537. The van der Waals surface area contributed by atoms with Crippen molar-refractivity contribution in [2.45, 2.75) is 25.1 Å². The molecule has 9 heteroatoms. The summed E-state index contributed by atoms with van der Waals surface area (Å²) in [5, 5.41) is 5.89. The number of aliphatic imine (C=N–C) groups is 1. The number of nitrogens with one attached hydrogen (secondary N) is 2. The molecule has 1 aromatic rings. The minimum atomic E-state index is -4.16. The summed E-state index contributed by atoms with van der Waals surface area (Å²) >= 11 is 3.41. The number of guanidine groups is 1. The molecule has 1 unspecified atom stereocenters. The Kier molecular flexibility index (Phi) is 8.61. The summed E-state index contributed by atoms with van der Waals surface area (Å²) < 4.78 is 37.5. The van der Waals surface area contributed by atoms with Crippen molar-refractivity contribution in [2.75, 3.05) is 31.6 Å². The molecular weight excluding hydrogens is 500 g/mol. The molecule has 24 heavy (non-hydrogen) atoms. The lowest BCUT2D eigenvalue weighted by molar-refractivity contribution is -0.132. The molecule has 2 rings (SSSR count). The van der Waals surface area contributed by atoms with E-state index in [4.69, 9.17) is 0 Å². The largest absolute Gasteiger partial charge is 0.390 e. The maximum Gasteiger partial charge on any atom is 0.390 e. The SMILES string of the molecule is CN=C(NCCC(F)(F)F)NC1CCN(c2ccc(Br)cc2)C1.I. The molecule has 1 atom stereocenters. The predicted molar refractivity (Wildman–Crippen MR) is 105 cm³/mol. The van der Waals surface area contributed by atoms with Gasteiger partial charge in [-0.2, -0.15) is 13.2 Å². The third-order valence-corrected chi connectivity index (χ3v) is 4.17. The zero-order valence-corrected chi connectivity index (χ0v) is 17.2. The molecule has 1 saturated heterocycles. The smallest absolute Gasteiger partial charge is 0.369 e. The van der Waals surface area contributed by atoms with Gasteiger partial charge in [-0.05, 0) is 30.7 Å². The maximum absolute atomic E-state index is 12.2. The van der Waals surface area contributed by atoms with Crippen molar-refractivity contribution in [3.05, 3.63) is 28.7 Å². The van der Waals surface area contributed by atoms with Gasteiger partial charge < -0.3 is 15.5 Å². The quantitative estimate of drug-likeness (QED) is 0.361. The summed E-state index contributed by atoms with van der Waals surface area (Å²) in [5.41, 5.74) is 1.14. The Balaban J connectivity index is 0.00000288. The van der Waals surface area contributed by atoms with E-state index in [1.165, 1.54) is 0 Å². The summed E-state index contributed by atoms with van der Waals surface area (Å²) in [7, 11) is 1.56. The number of benzene rings is 1. The number of nitrogens with zero attached hydrogens (tertiary/aromatic N) is 2. The van der Waals surface area contributed by atoms with E-state index < -0.39 is 12.6 Å². The van der Waals surface area contributed by atoms with Crippen molar-refractivity contribution in [3.63, 3.8) is 0 Å². The van der Waals surface area contributed by atoms with Crippen LogP contribution in [-0.2, 0) is 0 Å². The van der Waals surface area contributed by atoms with Gasteiger partial charge in [0.2, 0.25) is 0 Å². The Labute approximate surface area is 165 Å². The van der Waals surface area contributed by atoms with E-state index in [9.17, 15) is 13.2 Å². The van der Waals surface area contributed by atoms with Gasteiger partial charge in [-0.15, -0.1) is 24.0 Å². The standard InChI is InChI=1S/C15H20BrF3N4.HI/c1-20-14(21-8-7-15(17,18)19)22-12-6-9-23(10-12)13-4-2-11(16)3-5-13;/h2-5,12H,6-10H2,1H3,(H2,20,21,22);1H. The van der Waals surface area contributed by atoms with Crippen molar-refractivity contribution in [3.8, 4) is 0 Å². The average molecular weight is 521 g/mol. The Morgan fingerprint density at radius 3 is 2.58 bits per heavy atom. The molecule has 1 aromatic carbocycles. The Morgan fingerprint density at radius 2 is 2.00 bits per heavy atom. The van der Waals surface area contributed by atoms with Gasteiger partial charge in [0.15, 0.2) is 5.96 Å². The van der Waals surface area contributed by atoms with Crippen LogP contribution in [0.3, 0.4) is 0 Å². The van der Waals surface area contributed by atoms with Crippen LogP contribution >= 0.6 is 39.9 Å². The first-order valence-corrected chi connectivity index (χ1v) is 8.21. The van der Waals surface area contributed by atoms with Crippen LogP contribution in [0, 0.1) is 0 Å². The molecule has 0 aliphatic carbocycles. The lowest BCUT2D eigenvalue weighted by atomic mass is 10.2. The predicted octanol–water partition coefficient (Wildman–Crippen LogP) is 3.76. The maximum atomic E-state index is 12.2.